The van der Waals surface area contributed by atoms with Gasteiger partial charge in [0.05, 0.1) is 28.4 Å². The average Bonchev–Trinajstić information content (AvgIpc) is 3.12. The Morgan fingerprint density at radius 3 is 2.61 bits per heavy atom. The second-order valence-corrected chi connectivity index (χ2v) is 8.72. The second kappa shape index (κ2) is 8.30. The molecule has 2 aliphatic rings. The molecule has 2 unspecified atom stereocenters. The topological polar surface area (TPSA) is 68.3 Å². The van der Waals surface area contributed by atoms with Gasteiger partial charge in [-0.05, 0) is 43.9 Å². The normalized spacial score (nSPS) is 22.5. The van der Waals surface area contributed by atoms with Crippen molar-refractivity contribution in [2.75, 3.05) is 12.4 Å². The zero-order valence-corrected chi connectivity index (χ0v) is 18.3. The highest BCUT2D eigenvalue weighted by Crippen LogP contribution is 2.38. The molecule has 0 amide bonds. The zero-order chi connectivity index (χ0) is 21.5. The third kappa shape index (κ3) is 3.97. The molecule has 2 aromatic carbocycles. The number of nitrogens with zero attached hydrogens (tertiary/aromatic N) is 2. The number of hydrogen-bond acceptors (Lipinski definition) is 6. The monoisotopic (exact) mass is 462 g/mol. The maximum Gasteiger partial charge on any atom is 0.166 e. The molecular formula is C22H21Cl2FN4O2. The van der Waals surface area contributed by atoms with E-state index in [1.165, 1.54) is 31.3 Å². The van der Waals surface area contributed by atoms with Gasteiger partial charge in [0.1, 0.15) is 18.2 Å². The minimum Gasteiger partial charge on any atom is -0.493 e. The van der Waals surface area contributed by atoms with Gasteiger partial charge >= 0.3 is 0 Å². The van der Waals surface area contributed by atoms with Crippen molar-refractivity contribution in [3.05, 3.63) is 46.5 Å². The van der Waals surface area contributed by atoms with Crippen LogP contribution in [-0.2, 0) is 0 Å². The Labute approximate surface area is 189 Å². The Morgan fingerprint density at radius 1 is 1.10 bits per heavy atom. The minimum atomic E-state index is -0.643. The van der Waals surface area contributed by atoms with Crippen molar-refractivity contribution in [2.24, 2.45) is 0 Å². The summed E-state index contributed by atoms with van der Waals surface area (Å²) in [6.07, 6.45) is 5.82. The zero-order valence-electron chi connectivity index (χ0n) is 16.8. The lowest BCUT2D eigenvalue weighted by Gasteiger charge is -2.30. The average molecular weight is 463 g/mol. The summed E-state index contributed by atoms with van der Waals surface area (Å²) in [6.45, 7) is 0. The summed E-state index contributed by atoms with van der Waals surface area (Å²) >= 11 is 11.8. The fourth-order valence-electron chi connectivity index (χ4n) is 4.45. The van der Waals surface area contributed by atoms with Gasteiger partial charge in [0.2, 0.25) is 0 Å². The van der Waals surface area contributed by atoms with Gasteiger partial charge < -0.3 is 20.1 Å². The van der Waals surface area contributed by atoms with E-state index in [1.54, 1.807) is 13.2 Å². The lowest BCUT2D eigenvalue weighted by atomic mass is 10.0. The van der Waals surface area contributed by atoms with Crippen LogP contribution < -0.4 is 20.1 Å². The summed E-state index contributed by atoms with van der Waals surface area (Å²) in [5, 5.41) is 7.30. The fraction of sp³-hybridized carbons (Fsp3) is 0.364. The molecule has 6 nitrogen and oxygen atoms in total. The molecule has 5 rings (SSSR count). The summed E-state index contributed by atoms with van der Waals surface area (Å²) in [6, 6.07) is 7.71. The molecule has 31 heavy (non-hydrogen) atoms. The van der Waals surface area contributed by atoms with Crippen LogP contribution in [0.5, 0.6) is 11.5 Å². The standard InChI is InChI=1S/C22H21Cl2FN4O2/c1-30-18-9-17-14(8-19(18)31-13-6-11-2-3-12(7-13)28-11)22(27-10-26-17)29-16-5-4-15(23)20(24)21(16)25/h4-5,8-13,28H,2-3,6-7H2,1H3,(H,26,27,29). The first kappa shape index (κ1) is 20.5. The molecule has 0 spiro atoms. The van der Waals surface area contributed by atoms with Gasteiger partial charge in [0.25, 0.3) is 0 Å². The molecule has 3 heterocycles. The van der Waals surface area contributed by atoms with Gasteiger partial charge in [0.15, 0.2) is 17.3 Å². The van der Waals surface area contributed by atoms with E-state index in [4.69, 9.17) is 32.7 Å². The third-order valence-electron chi connectivity index (χ3n) is 5.93. The first-order valence-corrected chi connectivity index (χ1v) is 10.9. The lowest BCUT2D eigenvalue weighted by molar-refractivity contribution is 0.133. The summed E-state index contributed by atoms with van der Waals surface area (Å²) in [4.78, 5) is 8.63. The Kier molecular flexibility index (Phi) is 5.50. The smallest absolute Gasteiger partial charge is 0.166 e. The van der Waals surface area contributed by atoms with Gasteiger partial charge in [-0.25, -0.2) is 14.4 Å². The van der Waals surface area contributed by atoms with Gasteiger partial charge in [-0.1, -0.05) is 23.2 Å². The number of benzene rings is 2. The number of ether oxygens (including phenoxy) is 2. The number of rotatable bonds is 5. The molecule has 1 aromatic heterocycles. The number of halogens is 3. The highest BCUT2D eigenvalue weighted by atomic mass is 35.5. The molecule has 2 atom stereocenters. The van der Waals surface area contributed by atoms with Crippen LogP contribution in [-0.4, -0.2) is 35.3 Å². The van der Waals surface area contributed by atoms with Crippen molar-refractivity contribution < 1.29 is 13.9 Å². The lowest BCUT2D eigenvalue weighted by Crippen LogP contribution is -2.42. The molecule has 2 saturated heterocycles. The second-order valence-electron chi connectivity index (χ2n) is 7.94. The first-order valence-electron chi connectivity index (χ1n) is 10.2. The Balaban J connectivity index is 1.50. The molecular weight excluding hydrogens is 442 g/mol. The van der Waals surface area contributed by atoms with Crippen molar-refractivity contribution >= 4 is 45.6 Å². The van der Waals surface area contributed by atoms with Crippen LogP contribution in [0.25, 0.3) is 10.9 Å². The highest BCUT2D eigenvalue weighted by molar-refractivity contribution is 6.42. The van der Waals surface area contributed by atoms with E-state index in [2.05, 4.69) is 20.6 Å². The van der Waals surface area contributed by atoms with Crippen molar-refractivity contribution in [3.8, 4) is 11.5 Å². The fourth-order valence-corrected chi connectivity index (χ4v) is 4.76. The molecule has 2 N–H and O–H groups in total. The number of anilines is 2. The van der Waals surface area contributed by atoms with Crippen LogP contribution in [0.15, 0.2) is 30.6 Å². The van der Waals surface area contributed by atoms with Gasteiger partial charge in [-0.15, -0.1) is 0 Å². The Bertz CT molecular complexity index is 1130. The number of methoxy groups -OCH3 is 1. The number of aromatic nitrogens is 2. The van der Waals surface area contributed by atoms with Crippen molar-refractivity contribution in [1.29, 1.82) is 0 Å². The Morgan fingerprint density at radius 2 is 1.87 bits per heavy atom. The van der Waals surface area contributed by atoms with Crippen LogP contribution in [0, 0.1) is 5.82 Å². The van der Waals surface area contributed by atoms with Crippen LogP contribution in [0.3, 0.4) is 0 Å². The van der Waals surface area contributed by atoms with Crippen LogP contribution in [0.1, 0.15) is 25.7 Å². The molecule has 0 saturated carbocycles. The van der Waals surface area contributed by atoms with E-state index in [0.29, 0.717) is 40.3 Å². The summed E-state index contributed by atoms with van der Waals surface area (Å²) < 4.78 is 26.5. The highest BCUT2D eigenvalue weighted by Gasteiger charge is 2.35. The summed E-state index contributed by atoms with van der Waals surface area (Å²) in [5.74, 6) is 1.01. The SMILES string of the molecule is COc1cc2ncnc(Nc3ccc(Cl)c(Cl)c3F)c2cc1OC1CC2CCC(C1)N2. The Hall–Kier alpha value is -2.35. The number of nitrogens with one attached hydrogen (secondary N) is 2. The van der Waals surface area contributed by atoms with Crippen molar-refractivity contribution in [1.82, 2.24) is 15.3 Å². The molecule has 2 aliphatic heterocycles. The van der Waals surface area contributed by atoms with Crippen molar-refractivity contribution in [2.45, 2.75) is 43.9 Å². The quantitative estimate of drug-likeness (QED) is 0.488. The molecule has 3 aromatic rings. The predicted molar refractivity (Wildman–Crippen MR) is 119 cm³/mol. The van der Waals surface area contributed by atoms with Crippen molar-refractivity contribution in [3.63, 3.8) is 0 Å². The van der Waals surface area contributed by atoms with Gasteiger partial charge in [-0.3, -0.25) is 0 Å². The van der Waals surface area contributed by atoms with E-state index >= 15 is 0 Å². The molecule has 9 heteroatoms. The maximum absolute atomic E-state index is 14.6. The minimum absolute atomic E-state index is 0.110. The summed E-state index contributed by atoms with van der Waals surface area (Å²) in [7, 11) is 1.60. The molecule has 162 valence electrons. The van der Waals surface area contributed by atoms with Crippen LogP contribution in [0.2, 0.25) is 10.0 Å². The van der Waals surface area contributed by atoms with Crippen LogP contribution in [0.4, 0.5) is 15.9 Å². The van der Waals surface area contributed by atoms with Gasteiger partial charge in [-0.2, -0.15) is 0 Å². The number of piperidine rings is 1. The van der Waals surface area contributed by atoms with Crippen LogP contribution >= 0.6 is 23.2 Å². The van der Waals surface area contributed by atoms with E-state index in [-0.39, 0.29) is 21.8 Å². The molecule has 0 aliphatic carbocycles. The van der Waals surface area contributed by atoms with E-state index < -0.39 is 5.82 Å². The number of fused-ring (bicyclic) bond motifs is 3. The van der Waals surface area contributed by atoms with E-state index in [9.17, 15) is 4.39 Å². The largest absolute Gasteiger partial charge is 0.493 e. The number of hydrogen-bond donors (Lipinski definition) is 2. The maximum atomic E-state index is 14.6. The van der Waals surface area contributed by atoms with Gasteiger partial charge in [0, 0.05) is 23.5 Å². The van der Waals surface area contributed by atoms with E-state index in [1.807, 2.05) is 6.07 Å². The summed E-state index contributed by atoms with van der Waals surface area (Å²) in [5.41, 5.74) is 0.815. The van der Waals surface area contributed by atoms with E-state index in [0.717, 1.165) is 12.8 Å². The third-order valence-corrected chi connectivity index (χ3v) is 6.71. The molecule has 2 bridgehead atoms. The molecule has 2 fully saturated rings. The first-order chi connectivity index (χ1) is 15.0. The molecule has 0 radical (unpaired) electrons. The predicted octanol–water partition coefficient (Wildman–Crippen LogP) is 5.49.